The first-order valence-electron chi connectivity index (χ1n) is 5.77. The van der Waals surface area contributed by atoms with Gasteiger partial charge in [0.1, 0.15) is 5.82 Å². The van der Waals surface area contributed by atoms with Gasteiger partial charge in [-0.15, -0.1) is 0 Å². The fraction of sp³-hybridized carbons (Fsp3) is 0.417. The number of aryl methyl sites for hydroxylation is 1. The van der Waals surface area contributed by atoms with Crippen LogP contribution in [0.4, 0.5) is 5.82 Å². The third kappa shape index (κ3) is 3.81. The molecule has 0 spiro atoms. The Hall–Kier alpha value is -1.95. The number of nitrogens with one attached hydrogen (secondary N) is 1. The van der Waals surface area contributed by atoms with Crippen molar-refractivity contribution < 1.29 is 14.7 Å². The Morgan fingerprint density at radius 3 is 2.78 bits per heavy atom. The minimum atomic E-state index is -0.878. The molecule has 4 N–H and O–H groups in total. The monoisotopic (exact) mass is 251 g/mol. The Bertz CT molecular complexity index is 446. The van der Waals surface area contributed by atoms with Gasteiger partial charge >= 0.3 is 5.97 Å². The normalized spacial score (nSPS) is 10.1. The molecule has 1 aromatic rings. The number of rotatable bonds is 6. The highest BCUT2D eigenvalue weighted by Gasteiger charge is 2.12. The van der Waals surface area contributed by atoms with Crippen molar-refractivity contribution in [1.82, 2.24) is 4.98 Å². The molecular weight excluding hydrogens is 234 g/mol. The van der Waals surface area contributed by atoms with Crippen LogP contribution in [-0.4, -0.2) is 28.5 Å². The van der Waals surface area contributed by atoms with Crippen molar-refractivity contribution in [2.45, 2.75) is 26.2 Å². The van der Waals surface area contributed by atoms with Crippen molar-refractivity contribution in [2.24, 2.45) is 5.73 Å². The second-order valence-electron chi connectivity index (χ2n) is 3.80. The molecule has 0 fully saturated rings. The first kappa shape index (κ1) is 14.1. The van der Waals surface area contributed by atoms with E-state index in [1.54, 1.807) is 6.20 Å². The largest absolute Gasteiger partial charge is 0.481 e. The van der Waals surface area contributed by atoms with E-state index in [-0.39, 0.29) is 18.9 Å². The first-order chi connectivity index (χ1) is 8.58. The highest BCUT2D eigenvalue weighted by molar-refractivity contribution is 5.92. The molecule has 0 aromatic carbocycles. The Morgan fingerprint density at radius 2 is 2.22 bits per heavy atom. The van der Waals surface area contributed by atoms with Gasteiger partial charge in [0.15, 0.2) is 0 Å². The summed E-state index contributed by atoms with van der Waals surface area (Å²) in [6.07, 6.45) is 2.69. The molecule has 18 heavy (non-hydrogen) atoms. The fourth-order valence-electron chi connectivity index (χ4n) is 1.67. The van der Waals surface area contributed by atoms with Gasteiger partial charge in [-0.2, -0.15) is 0 Å². The lowest BCUT2D eigenvalue weighted by Crippen LogP contribution is -2.23. The molecule has 0 aliphatic carbocycles. The molecule has 0 saturated heterocycles. The molecule has 0 unspecified atom stereocenters. The van der Waals surface area contributed by atoms with E-state index in [9.17, 15) is 9.59 Å². The van der Waals surface area contributed by atoms with Crippen molar-refractivity contribution >= 4 is 17.7 Å². The van der Waals surface area contributed by atoms with Gasteiger partial charge < -0.3 is 16.2 Å². The van der Waals surface area contributed by atoms with E-state index in [1.807, 2.05) is 13.0 Å². The molecule has 0 aliphatic heterocycles. The number of carbonyl (C=O) groups is 2. The molecular formula is C12H17N3O3. The Kier molecular flexibility index (Phi) is 5.26. The summed E-state index contributed by atoms with van der Waals surface area (Å²) in [6, 6.07) is 1.83. The molecule has 0 bridgehead atoms. The molecule has 6 nitrogen and oxygen atoms in total. The topological polar surface area (TPSA) is 105 Å². The summed E-state index contributed by atoms with van der Waals surface area (Å²) in [5.74, 6) is -0.810. The lowest BCUT2D eigenvalue weighted by molar-refractivity contribution is -0.136. The zero-order valence-corrected chi connectivity index (χ0v) is 10.3. The predicted molar refractivity (Wildman–Crippen MR) is 67.3 cm³/mol. The predicted octanol–water partition coefficient (Wildman–Crippen LogP) is 0.558. The van der Waals surface area contributed by atoms with Crippen molar-refractivity contribution in [3.63, 3.8) is 0 Å². The molecule has 1 aromatic heterocycles. The lowest BCUT2D eigenvalue weighted by Gasteiger charge is -2.12. The molecule has 0 aliphatic rings. The maximum absolute atomic E-state index is 11.3. The van der Waals surface area contributed by atoms with Crippen molar-refractivity contribution in [1.29, 1.82) is 0 Å². The standard InChI is InChI=1S/C12H17N3O3/c1-2-8-5-6-14-12(15-10(16)7-13)9(8)3-4-11(17)18/h5-6H,2-4,7,13H2,1H3,(H,17,18)(H,14,15,16). The number of amides is 1. The average molecular weight is 251 g/mol. The van der Waals surface area contributed by atoms with Gasteiger partial charge in [-0.05, 0) is 30.0 Å². The van der Waals surface area contributed by atoms with Gasteiger partial charge in [0.05, 0.1) is 6.54 Å². The van der Waals surface area contributed by atoms with Crippen LogP contribution in [0.15, 0.2) is 12.3 Å². The van der Waals surface area contributed by atoms with Crippen molar-refractivity contribution in [3.05, 3.63) is 23.4 Å². The van der Waals surface area contributed by atoms with Gasteiger partial charge in [-0.1, -0.05) is 6.92 Å². The highest BCUT2D eigenvalue weighted by atomic mass is 16.4. The second-order valence-corrected chi connectivity index (χ2v) is 3.80. The Morgan fingerprint density at radius 1 is 1.50 bits per heavy atom. The van der Waals surface area contributed by atoms with E-state index in [1.165, 1.54) is 0 Å². The van der Waals surface area contributed by atoms with Crippen LogP contribution in [0.2, 0.25) is 0 Å². The number of hydrogen-bond donors (Lipinski definition) is 3. The number of carboxylic acid groups (broad SMARTS) is 1. The van der Waals surface area contributed by atoms with Crippen LogP contribution in [-0.2, 0) is 22.4 Å². The second kappa shape index (κ2) is 6.70. The van der Waals surface area contributed by atoms with Crippen molar-refractivity contribution in [3.8, 4) is 0 Å². The van der Waals surface area contributed by atoms with E-state index in [2.05, 4.69) is 10.3 Å². The Balaban J connectivity index is 2.99. The molecule has 1 rings (SSSR count). The molecule has 98 valence electrons. The molecule has 0 radical (unpaired) electrons. The summed E-state index contributed by atoms with van der Waals surface area (Å²) in [7, 11) is 0. The first-order valence-corrected chi connectivity index (χ1v) is 5.77. The number of carbonyl (C=O) groups excluding carboxylic acids is 1. The maximum atomic E-state index is 11.3. The minimum Gasteiger partial charge on any atom is -0.481 e. The number of carboxylic acids is 1. The number of nitrogens with zero attached hydrogens (tertiary/aromatic N) is 1. The fourth-order valence-corrected chi connectivity index (χ4v) is 1.67. The van der Waals surface area contributed by atoms with Gasteiger partial charge in [0, 0.05) is 12.6 Å². The SMILES string of the molecule is CCc1ccnc(NC(=O)CN)c1CCC(=O)O. The molecule has 0 saturated carbocycles. The third-order valence-corrected chi connectivity index (χ3v) is 2.57. The van der Waals surface area contributed by atoms with E-state index >= 15 is 0 Å². The van der Waals surface area contributed by atoms with Crippen LogP contribution in [0.25, 0.3) is 0 Å². The van der Waals surface area contributed by atoms with Crippen molar-refractivity contribution in [2.75, 3.05) is 11.9 Å². The summed E-state index contributed by atoms with van der Waals surface area (Å²) in [5, 5.41) is 11.3. The number of hydrogen-bond acceptors (Lipinski definition) is 4. The summed E-state index contributed by atoms with van der Waals surface area (Å²) >= 11 is 0. The van der Waals surface area contributed by atoms with Crippen LogP contribution in [0, 0.1) is 0 Å². The summed E-state index contributed by atoms with van der Waals surface area (Å²) < 4.78 is 0. The average Bonchev–Trinajstić information content (AvgIpc) is 2.36. The van der Waals surface area contributed by atoms with E-state index < -0.39 is 5.97 Å². The number of pyridine rings is 1. The van der Waals surface area contributed by atoms with Gasteiger partial charge in [0.25, 0.3) is 0 Å². The summed E-state index contributed by atoms with van der Waals surface area (Å²) in [4.78, 5) is 26.0. The summed E-state index contributed by atoms with van der Waals surface area (Å²) in [5.41, 5.74) is 6.98. The number of anilines is 1. The molecule has 6 heteroatoms. The zero-order chi connectivity index (χ0) is 13.5. The smallest absolute Gasteiger partial charge is 0.303 e. The van der Waals surface area contributed by atoms with Crippen LogP contribution < -0.4 is 11.1 Å². The van der Waals surface area contributed by atoms with Crippen LogP contribution in [0.1, 0.15) is 24.5 Å². The molecule has 1 amide bonds. The van der Waals surface area contributed by atoms with Crippen LogP contribution >= 0.6 is 0 Å². The quantitative estimate of drug-likeness (QED) is 0.685. The van der Waals surface area contributed by atoms with Crippen LogP contribution in [0.5, 0.6) is 0 Å². The van der Waals surface area contributed by atoms with Gasteiger partial charge in [0.2, 0.25) is 5.91 Å². The lowest BCUT2D eigenvalue weighted by atomic mass is 10.0. The third-order valence-electron chi connectivity index (χ3n) is 2.57. The minimum absolute atomic E-state index is 0.00416. The molecule has 1 heterocycles. The summed E-state index contributed by atoms with van der Waals surface area (Å²) in [6.45, 7) is 1.84. The molecule has 0 atom stereocenters. The number of aliphatic carboxylic acids is 1. The van der Waals surface area contributed by atoms with E-state index in [0.717, 1.165) is 17.5 Å². The van der Waals surface area contributed by atoms with E-state index in [0.29, 0.717) is 12.2 Å². The highest BCUT2D eigenvalue weighted by Crippen LogP contribution is 2.19. The maximum Gasteiger partial charge on any atom is 0.303 e. The number of nitrogens with two attached hydrogens (primary N) is 1. The van der Waals surface area contributed by atoms with Gasteiger partial charge in [-0.3, -0.25) is 9.59 Å². The van der Waals surface area contributed by atoms with E-state index in [4.69, 9.17) is 10.8 Å². The zero-order valence-electron chi connectivity index (χ0n) is 10.3. The van der Waals surface area contributed by atoms with Gasteiger partial charge in [-0.25, -0.2) is 4.98 Å². The van der Waals surface area contributed by atoms with Crippen LogP contribution in [0.3, 0.4) is 0 Å². The Labute approximate surface area is 105 Å². The number of aromatic nitrogens is 1.